The Kier molecular flexibility index (Phi) is 5.98. The molecular formula is C7H12N2O2. The first kappa shape index (κ1) is 9.68. The van der Waals surface area contributed by atoms with Crippen LogP contribution in [-0.2, 0) is 9.53 Å². The number of aromatic amines is 1. The molecule has 0 radical (unpaired) electrons. The molecule has 0 aromatic carbocycles. The Morgan fingerprint density at radius 3 is 2.55 bits per heavy atom. The Balaban J connectivity index is 0.000000183. The summed E-state index contributed by atoms with van der Waals surface area (Å²) >= 11 is 0. The molecule has 1 aromatic rings. The van der Waals surface area contributed by atoms with Gasteiger partial charge >= 0.3 is 5.97 Å². The third-order valence-electron chi connectivity index (χ3n) is 0.753. The number of H-pyrrole nitrogens is 1. The summed E-state index contributed by atoms with van der Waals surface area (Å²) in [6, 6.07) is 1.83. The predicted octanol–water partition coefficient (Wildman–Crippen LogP) is 0.979. The van der Waals surface area contributed by atoms with E-state index >= 15 is 0 Å². The molecule has 0 aliphatic heterocycles. The van der Waals surface area contributed by atoms with Gasteiger partial charge in [-0.2, -0.15) is 5.10 Å². The van der Waals surface area contributed by atoms with Gasteiger partial charge in [0, 0.05) is 19.3 Å². The molecule has 0 aliphatic carbocycles. The average Bonchev–Trinajstić information content (AvgIpc) is 2.41. The molecule has 4 heteroatoms. The van der Waals surface area contributed by atoms with E-state index in [0.29, 0.717) is 6.61 Å². The highest BCUT2D eigenvalue weighted by Crippen LogP contribution is 1.69. The van der Waals surface area contributed by atoms with Gasteiger partial charge in [-0.3, -0.25) is 9.89 Å². The van der Waals surface area contributed by atoms with Gasteiger partial charge in [-0.25, -0.2) is 0 Å². The summed E-state index contributed by atoms with van der Waals surface area (Å²) in [6.45, 7) is 3.65. The lowest BCUT2D eigenvalue weighted by Crippen LogP contribution is -1.95. The molecule has 1 rings (SSSR count). The van der Waals surface area contributed by atoms with Crippen LogP contribution in [0.15, 0.2) is 18.5 Å². The zero-order valence-electron chi connectivity index (χ0n) is 6.70. The van der Waals surface area contributed by atoms with Crippen LogP contribution in [0.5, 0.6) is 0 Å². The highest BCUT2D eigenvalue weighted by molar-refractivity contribution is 5.65. The fraction of sp³-hybridized carbons (Fsp3) is 0.429. The first-order valence-electron chi connectivity index (χ1n) is 3.34. The number of esters is 1. The molecule has 0 saturated carbocycles. The van der Waals surface area contributed by atoms with E-state index in [4.69, 9.17) is 0 Å². The molecule has 62 valence electrons. The van der Waals surface area contributed by atoms with Gasteiger partial charge in [-0.05, 0) is 13.0 Å². The van der Waals surface area contributed by atoms with Gasteiger partial charge in [0.25, 0.3) is 0 Å². The van der Waals surface area contributed by atoms with Gasteiger partial charge in [0.15, 0.2) is 0 Å². The molecule has 11 heavy (non-hydrogen) atoms. The molecule has 1 heterocycles. The van der Waals surface area contributed by atoms with Crippen molar-refractivity contribution in [3.63, 3.8) is 0 Å². The lowest BCUT2D eigenvalue weighted by Gasteiger charge is -1.89. The number of nitrogens with zero attached hydrogens (tertiary/aromatic N) is 1. The summed E-state index contributed by atoms with van der Waals surface area (Å²) in [7, 11) is 0. The fourth-order valence-electron chi connectivity index (χ4n) is 0.418. The van der Waals surface area contributed by atoms with Crippen LogP contribution in [0.1, 0.15) is 13.8 Å². The van der Waals surface area contributed by atoms with Gasteiger partial charge in [0.2, 0.25) is 0 Å². The van der Waals surface area contributed by atoms with Crippen LogP contribution in [0.3, 0.4) is 0 Å². The Morgan fingerprint density at radius 2 is 2.45 bits per heavy atom. The summed E-state index contributed by atoms with van der Waals surface area (Å²) in [4.78, 5) is 9.82. The van der Waals surface area contributed by atoms with Crippen molar-refractivity contribution in [1.29, 1.82) is 0 Å². The van der Waals surface area contributed by atoms with Crippen molar-refractivity contribution in [1.82, 2.24) is 10.2 Å². The molecule has 0 spiro atoms. The number of hydrogen-bond donors (Lipinski definition) is 1. The van der Waals surface area contributed by atoms with Crippen LogP contribution in [0.4, 0.5) is 0 Å². The second-order valence-corrected chi connectivity index (χ2v) is 1.69. The Bertz CT molecular complexity index is 155. The number of aromatic nitrogens is 2. The second-order valence-electron chi connectivity index (χ2n) is 1.69. The van der Waals surface area contributed by atoms with Crippen LogP contribution in [-0.4, -0.2) is 22.8 Å². The largest absolute Gasteiger partial charge is 0.466 e. The number of carbonyl (C=O) groups excluding carboxylic acids is 1. The topological polar surface area (TPSA) is 55.0 Å². The van der Waals surface area contributed by atoms with E-state index < -0.39 is 0 Å². The lowest BCUT2D eigenvalue weighted by atomic mass is 10.8. The molecule has 0 amide bonds. The summed E-state index contributed by atoms with van der Waals surface area (Å²) < 4.78 is 4.40. The summed E-state index contributed by atoms with van der Waals surface area (Å²) in [6.07, 6.45) is 3.46. The molecule has 0 saturated heterocycles. The minimum atomic E-state index is -0.211. The zero-order chi connectivity index (χ0) is 8.53. The Labute approximate surface area is 65.6 Å². The third-order valence-corrected chi connectivity index (χ3v) is 0.753. The molecule has 0 aliphatic rings. The van der Waals surface area contributed by atoms with E-state index in [2.05, 4.69) is 14.9 Å². The average molecular weight is 156 g/mol. The minimum absolute atomic E-state index is 0.211. The molecule has 1 aromatic heterocycles. The van der Waals surface area contributed by atoms with E-state index in [9.17, 15) is 4.79 Å². The smallest absolute Gasteiger partial charge is 0.302 e. The first-order valence-corrected chi connectivity index (χ1v) is 3.34. The van der Waals surface area contributed by atoms with Gasteiger partial charge in [-0.15, -0.1) is 0 Å². The Hall–Kier alpha value is -1.32. The van der Waals surface area contributed by atoms with Crippen molar-refractivity contribution in [2.45, 2.75) is 13.8 Å². The molecule has 0 atom stereocenters. The summed E-state index contributed by atoms with van der Waals surface area (Å²) in [5, 5.41) is 6.21. The van der Waals surface area contributed by atoms with Crippen molar-refractivity contribution in [2.24, 2.45) is 0 Å². The number of rotatable bonds is 1. The van der Waals surface area contributed by atoms with Crippen molar-refractivity contribution in [2.75, 3.05) is 6.61 Å². The van der Waals surface area contributed by atoms with Gasteiger partial charge in [-0.1, -0.05) is 0 Å². The van der Waals surface area contributed by atoms with E-state index in [1.807, 2.05) is 6.07 Å². The van der Waals surface area contributed by atoms with Crippen LogP contribution < -0.4 is 0 Å². The highest BCUT2D eigenvalue weighted by Gasteiger charge is 1.81. The van der Waals surface area contributed by atoms with Gasteiger partial charge in [0.05, 0.1) is 6.61 Å². The third kappa shape index (κ3) is 8.68. The summed E-state index contributed by atoms with van der Waals surface area (Å²) in [5.41, 5.74) is 0. The van der Waals surface area contributed by atoms with E-state index in [0.717, 1.165) is 0 Å². The highest BCUT2D eigenvalue weighted by atomic mass is 16.5. The normalized spacial score (nSPS) is 7.82. The van der Waals surface area contributed by atoms with Crippen LogP contribution in [0, 0.1) is 0 Å². The Morgan fingerprint density at radius 1 is 1.73 bits per heavy atom. The minimum Gasteiger partial charge on any atom is -0.466 e. The molecule has 0 bridgehead atoms. The maximum Gasteiger partial charge on any atom is 0.302 e. The predicted molar refractivity (Wildman–Crippen MR) is 40.9 cm³/mol. The molecule has 4 nitrogen and oxygen atoms in total. The van der Waals surface area contributed by atoms with Crippen molar-refractivity contribution < 1.29 is 9.53 Å². The zero-order valence-corrected chi connectivity index (χ0v) is 6.70. The number of ether oxygens (including phenoxy) is 1. The van der Waals surface area contributed by atoms with Gasteiger partial charge in [0.1, 0.15) is 0 Å². The maximum absolute atomic E-state index is 9.82. The standard InChI is InChI=1S/C4H8O2.C3H4N2/c1-3-6-4(2)5;1-2-4-5-3-1/h3H2,1-2H3;1-3H,(H,4,5). The first-order chi connectivity index (χ1) is 5.27. The SMILES string of the molecule is CCOC(C)=O.c1cn[nH]c1. The van der Waals surface area contributed by atoms with Crippen LogP contribution in [0.25, 0.3) is 0 Å². The van der Waals surface area contributed by atoms with Crippen molar-refractivity contribution in [3.05, 3.63) is 18.5 Å². The van der Waals surface area contributed by atoms with E-state index in [-0.39, 0.29) is 5.97 Å². The van der Waals surface area contributed by atoms with Crippen molar-refractivity contribution in [3.8, 4) is 0 Å². The number of hydrogen-bond acceptors (Lipinski definition) is 3. The molecular weight excluding hydrogens is 144 g/mol. The molecule has 0 fully saturated rings. The van der Waals surface area contributed by atoms with Crippen LogP contribution in [0.2, 0.25) is 0 Å². The lowest BCUT2D eigenvalue weighted by molar-refractivity contribution is -0.140. The fourth-order valence-corrected chi connectivity index (χ4v) is 0.418. The van der Waals surface area contributed by atoms with Crippen LogP contribution >= 0.6 is 0 Å². The quantitative estimate of drug-likeness (QED) is 0.616. The second kappa shape index (κ2) is 6.80. The molecule has 1 N–H and O–H groups in total. The monoisotopic (exact) mass is 156 g/mol. The number of carbonyl (C=O) groups is 1. The maximum atomic E-state index is 9.82. The van der Waals surface area contributed by atoms with Gasteiger partial charge < -0.3 is 4.74 Å². The van der Waals surface area contributed by atoms with E-state index in [1.165, 1.54) is 6.92 Å². The molecule has 0 unspecified atom stereocenters. The summed E-state index contributed by atoms with van der Waals surface area (Å²) in [5.74, 6) is -0.211. The van der Waals surface area contributed by atoms with E-state index in [1.54, 1.807) is 19.3 Å². The van der Waals surface area contributed by atoms with Crippen molar-refractivity contribution >= 4 is 5.97 Å². The number of nitrogens with one attached hydrogen (secondary N) is 1.